The number of carbonyl (C=O) groups excluding carboxylic acids is 1. The SMILES string of the molecule is CSC1(Cn2c(=O)[nH]cc(C(C)=O)c2=O)CCC1. The van der Waals surface area contributed by atoms with Crippen molar-refractivity contribution in [1.29, 1.82) is 0 Å². The molecule has 1 N–H and O–H groups in total. The van der Waals surface area contributed by atoms with Crippen molar-refractivity contribution >= 4 is 17.5 Å². The van der Waals surface area contributed by atoms with Gasteiger partial charge >= 0.3 is 5.69 Å². The average Bonchev–Trinajstić information content (AvgIpc) is 2.26. The summed E-state index contributed by atoms with van der Waals surface area (Å²) in [4.78, 5) is 37.6. The third-order valence-electron chi connectivity index (χ3n) is 3.58. The quantitative estimate of drug-likeness (QED) is 0.828. The van der Waals surface area contributed by atoms with Crippen LogP contribution in [0.5, 0.6) is 0 Å². The number of aromatic amines is 1. The molecule has 1 saturated carbocycles. The van der Waals surface area contributed by atoms with Crippen molar-refractivity contribution in [2.24, 2.45) is 0 Å². The number of aromatic nitrogens is 2. The maximum atomic E-state index is 12.1. The summed E-state index contributed by atoms with van der Waals surface area (Å²) in [5, 5.41) is 0. The van der Waals surface area contributed by atoms with Crippen molar-refractivity contribution < 1.29 is 4.79 Å². The maximum Gasteiger partial charge on any atom is 0.328 e. The minimum absolute atomic E-state index is 0.0216. The highest BCUT2D eigenvalue weighted by atomic mass is 32.2. The second kappa shape index (κ2) is 4.76. The van der Waals surface area contributed by atoms with Crippen LogP contribution in [0.25, 0.3) is 0 Å². The third-order valence-corrected chi connectivity index (χ3v) is 4.99. The lowest BCUT2D eigenvalue weighted by molar-refractivity contribution is 0.101. The van der Waals surface area contributed by atoms with Crippen LogP contribution in [0.15, 0.2) is 15.8 Å². The first-order valence-electron chi connectivity index (χ1n) is 5.88. The molecule has 18 heavy (non-hydrogen) atoms. The minimum atomic E-state index is -0.480. The normalized spacial score (nSPS) is 17.2. The zero-order chi connectivity index (χ0) is 13.3. The second-order valence-electron chi connectivity index (χ2n) is 4.70. The predicted octanol–water partition coefficient (Wildman–Crippen LogP) is 1.02. The van der Waals surface area contributed by atoms with Crippen molar-refractivity contribution in [3.8, 4) is 0 Å². The Hall–Kier alpha value is -1.30. The highest BCUT2D eigenvalue weighted by molar-refractivity contribution is 8.00. The van der Waals surface area contributed by atoms with E-state index in [0.29, 0.717) is 6.54 Å². The van der Waals surface area contributed by atoms with Crippen molar-refractivity contribution in [1.82, 2.24) is 9.55 Å². The van der Waals surface area contributed by atoms with E-state index >= 15 is 0 Å². The van der Waals surface area contributed by atoms with Crippen LogP contribution in [0.1, 0.15) is 36.5 Å². The van der Waals surface area contributed by atoms with Crippen LogP contribution >= 0.6 is 11.8 Å². The van der Waals surface area contributed by atoms with E-state index in [4.69, 9.17) is 0 Å². The lowest BCUT2D eigenvalue weighted by Gasteiger charge is -2.40. The Morgan fingerprint density at radius 3 is 2.61 bits per heavy atom. The van der Waals surface area contributed by atoms with Crippen LogP contribution in [-0.4, -0.2) is 26.3 Å². The summed E-state index contributed by atoms with van der Waals surface area (Å²) in [6.45, 7) is 1.70. The summed E-state index contributed by atoms with van der Waals surface area (Å²) in [6.07, 6.45) is 6.33. The van der Waals surface area contributed by atoms with E-state index < -0.39 is 11.2 Å². The molecule has 98 valence electrons. The van der Waals surface area contributed by atoms with E-state index in [0.717, 1.165) is 23.8 Å². The van der Waals surface area contributed by atoms with Gasteiger partial charge in [-0.25, -0.2) is 4.79 Å². The smallest absolute Gasteiger partial charge is 0.313 e. The average molecular weight is 268 g/mol. The highest BCUT2D eigenvalue weighted by Crippen LogP contribution is 2.43. The second-order valence-corrected chi connectivity index (χ2v) is 5.97. The molecule has 1 heterocycles. The number of hydrogen-bond donors (Lipinski definition) is 1. The monoisotopic (exact) mass is 268 g/mol. The predicted molar refractivity (Wildman–Crippen MR) is 71.4 cm³/mol. The Morgan fingerprint density at radius 1 is 1.50 bits per heavy atom. The summed E-state index contributed by atoms with van der Waals surface area (Å²) >= 11 is 1.69. The van der Waals surface area contributed by atoms with E-state index in [2.05, 4.69) is 4.98 Å². The molecule has 1 fully saturated rings. The number of hydrogen-bond acceptors (Lipinski definition) is 4. The molecule has 2 rings (SSSR count). The van der Waals surface area contributed by atoms with Crippen molar-refractivity contribution in [2.45, 2.75) is 37.5 Å². The first-order chi connectivity index (χ1) is 8.49. The molecule has 1 aliphatic rings. The molecule has 0 aliphatic heterocycles. The van der Waals surface area contributed by atoms with Crippen LogP contribution in [0.2, 0.25) is 0 Å². The Kier molecular flexibility index (Phi) is 3.47. The summed E-state index contributed by atoms with van der Waals surface area (Å²) < 4.78 is 1.14. The van der Waals surface area contributed by atoms with Crippen molar-refractivity contribution in [3.05, 3.63) is 32.6 Å². The molecular weight excluding hydrogens is 252 g/mol. The largest absolute Gasteiger partial charge is 0.328 e. The zero-order valence-corrected chi connectivity index (χ0v) is 11.3. The summed E-state index contributed by atoms with van der Waals surface area (Å²) in [5.41, 5.74) is -0.873. The Labute approximate surface area is 109 Å². The fourth-order valence-electron chi connectivity index (χ4n) is 2.19. The summed E-state index contributed by atoms with van der Waals surface area (Å²) in [7, 11) is 0. The van der Waals surface area contributed by atoms with Crippen LogP contribution in [0.4, 0.5) is 0 Å². The number of H-pyrrole nitrogens is 1. The van der Waals surface area contributed by atoms with Crippen LogP contribution in [-0.2, 0) is 6.54 Å². The first kappa shape index (κ1) is 13.1. The van der Waals surface area contributed by atoms with Gasteiger partial charge in [-0.2, -0.15) is 11.8 Å². The van der Waals surface area contributed by atoms with Gasteiger partial charge in [0.25, 0.3) is 5.56 Å². The molecule has 0 unspecified atom stereocenters. The highest BCUT2D eigenvalue weighted by Gasteiger charge is 2.37. The molecule has 0 amide bonds. The number of rotatable bonds is 4. The molecule has 0 saturated heterocycles. The van der Waals surface area contributed by atoms with E-state index in [9.17, 15) is 14.4 Å². The first-order valence-corrected chi connectivity index (χ1v) is 7.10. The van der Waals surface area contributed by atoms with Crippen LogP contribution < -0.4 is 11.2 Å². The molecule has 6 heteroatoms. The van der Waals surface area contributed by atoms with Crippen molar-refractivity contribution in [3.63, 3.8) is 0 Å². The van der Waals surface area contributed by atoms with E-state index in [1.807, 2.05) is 6.26 Å². The zero-order valence-electron chi connectivity index (χ0n) is 10.5. The molecule has 0 radical (unpaired) electrons. The van der Waals surface area contributed by atoms with Gasteiger partial charge in [0.2, 0.25) is 0 Å². The van der Waals surface area contributed by atoms with Gasteiger partial charge in [-0.15, -0.1) is 0 Å². The Bertz CT molecular complexity index is 578. The standard InChI is InChI=1S/C12H16N2O3S/c1-8(15)9-6-13-11(17)14(10(9)16)7-12(18-2)4-3-5-12/h6H,3-5,7H2,1-2H3,(H,13,17). The van der Waals surface area contributed by atoms with Crippen LogP contribution in [0.3, 0.4) is 0 Å². The number of nitrogens with one attached hydrogen (secondary N) is 1. The fourth-order valence-corrected chi connectivity index (χ4v) is 3.15. The van der Waals surface area contributed by atoms with Gasteiger partial charge in [-0.1, -0.05) is 6.42 Å². The maximum absolute atomic E-state index is 12.1. The number of carbonyl (C=O) groups is 1. The van der Waals surface area contributed by atoms with E-state index in [1.54, 1.807) is 11.8 Å². The lowest BCUT2D eigenvalue weighted by Crippen LogP contribution is -2.47. The molecule has 0 bridgehead atoms. The van der Waals surface area contributed by atoms with E-state index in [-0.39, 0.29) is 16.1 Å². The van der Waals surface area contributed by atoms with Gasteiger partial charge in [-0.05, 0) is 26.0 Å². The Morgan fingerprint density at radius 2 is 2.17 bits per heavy atom. The molecular formula is C12H16N2O3S. The molecule has 1 aliphatic carbocycles. The number of thioether (sulfide) groups is 1. The number of nitrogens with zero attached hydrogens (tertiary/aromatic N) is 1. The van der Waals surface area contributed by atoms with Gasteiger partial charge in [0.05, 0.1) is 5.56 Å². The molecule has 1 aromatic heterocycles. The van der Waals surface area contributed by atoms with Gasteiger partial charge in [0.1, 0.15) is 0 Å². The van der Waals surface area contributed by atoms with Gasteiger partial charge in [0, 0.05) is 17.5 Å². The van der Waals surface area contributed by atoms with Crippen molar-refractivity contribution in [2.75, 3.05) is 6.26 Å². The third kappa shape index (κ3) is 2.16. The molecule has 0 aromatic carbocycles. The van der Waals surface area contributed by atoms with E-state index in [1.165, 1.54) is 13.1 Å². The number of Topliss-reactive ketones (excluding diaryl/α,β-unsaturated/α-hetero) is 1. The minimum Gasteiger partial charge on any atom is -0.313 e. The van der Waals surface area contributed by atoms with Gasteiger partial charge in [0.15, 0.2) is 5.78 Å². The summed E-state index contributed by atoms with van der Waals surface area (Å²) in [5.74, 6) is -0.322. The lowest BCUT2D eigenvalue weighted by atomic mass is 9.84. The Balaban J connectivity index is 2.44. The fraction of sp³-hybridized carbons (Fsp3) is 0.583. The molecule has 0 atom stereocenters. The number of ketones is 1. The van der Waals surface area contributed by atoms with Gasteiger partial charge < -0.3 is 4.98 Å². The molecule has 1 aromatic rings. The topological polar surface area (TPSA) is 71.9 Å². The van der Waals surface area contributed by atoms with Gasteiger partial charge in [-0.3, -0.25) is 14.2 Å². The van der Waals surface area contributed by atoms with Crippen LogP contribution in [0, 0.1) is 0 Å². The molecule has 5 nitrogen and oxygen atoms in total. The molecule has 0 spiro atoms. The summed E-state index contributed by atoms with van der Waals surface area (Å²) in [6, 6.07) is 0.